The molecular formula is C15H22BrClN2OS. The maximum absolute atomic E-state index is 12.0. The minimum Gasteiger partial charge on any atom is -0.352 e. The Balaban J connectivity index is 0.00000220. The molecule has 0 radical (unpaired) electrons. The molecule has 118 valence electrons. The van der Waals surface area contributed by atoms with Crippen LogP contribution in [0, 0.1) is 12.8 Å². The third-order valence-corrected chi connectivity index (χ3v) is 5.30. The molecule has 0 aliphatic carbocycles. The number of hydrogen-bond donors (Lipinski definition) is 2. The average molecular weight is 394 g/mol. The van der Waals surface area contributed by atoms with Crippen molar-refractivity contribution in [3.8, 4) is 0 Å². The largest absolute Gasteiger partial charge is 0.352 e. The fraction of sp³-hybridized carbons (Fsp3) is 0.533. The molecule has 0 saturated carbocycles. The van der Waals surface area contributed by atoms with Gasteiger partial charge in [0, 0.05) is 15.4 Å². The lowest BCUT2D eigenvalue weighted by Gasteiger charge is -2.30. The SMILES string of the molecule is Cc1cc(Br)ccc1SCC(=O)NC1CCNCC1C.Cl. The van der Waals surface area contributed by atoms with Crippen LogP contribution in [0.1, 0.15) is 18.9 Å². The zero-order valence-corrected chi connectivity index (χ0v) is 15.5. The van der Waals surface area contributed by atoms with Gasteiger partial charge in [0.2, 0.25) is 5.91 Å². The fourth-order valence-electron chi connectivity index (χ4n) is 2.40. The summed E-state index contributed by atoms with van der Waals surface area (Å²) in [4.78, 5) is 13.2. The Morgan fingerprint density at radius 2 is 2.29 bits per heavy atom. The van der Waals surface area contributed by atoms with Gasteiger partial charge >= 0.3 is 0 Å². The molecule has 0 bridgehead atoms. The summed E-state index contributed by atoms with van der Waals surface area (Å²) in [5.41, 5.74) is 1.20. The first kappa shape index (κ1) is 18.8. The van der Waals surface area contributed by atoms with Gasteiger partial charge < -0.3 is 10.6 Å². The summed E-state index contributed by atoms with van der Waals surface area (Å²) < 4.78 is 1.08. The van der Waals surface area contributed by atoms with E-state index in [0.29, 0.717) is 17.7 Å². The van der Waals surface area contributed by atoms with Crippen LogP contribution in [-0.4, -0.2) is 30.8 Å². The molecule has 1 aromatic rings. The second kappa shape index (κ2) is 9.03. The molecule has 0 spiro atoms. The molecule has 1 aliphatic rings. The second-order valence-electron chi connectivity index (χ2n) is 5.34. The summed E-state index contributed by atoms with van der Waals surface area (Å²) >= 11 is 5.06. The minimum absolute atomic E-state index is 0. The molecule has 0 aromatic heterocycles. The number of aryl methyl sites for hydroxylation is 1. The van der Waals surface area contributed by atoms with Gasteiger partial charge in [0.15, 0.2) is 0 Å². The van der Waals surface area contributed by atoms with E-state index in [-0.39, 0.29) is 18.3 Å². The number of nitrogens with one attached hydrogen (secondary N) is 2. The van der Waals surface area contributed by atoms with Gasteiger partial charge in [0.1, 0.15) is 0 Å². The average Bonchev–Trinajstić information content (AvgIpc) is 2.40. The lowest BCUT2D eigenvalue weighted by atomic mass is 9.95. The van der Waals surface area contributed by atoms with Gasteiger partial charge in [-0.1, -0.05) is 22.9 Å². The molecule has 3 nitrogen and oxygen atoms in total. The van der Waals surface area contributed by atoms with E-state index in [1.807, 2.05) is 6.07 Å². The molecule has 21 heavy (non-hydrogen) atoms. The predicted molar refractivity (Wildman–Crippen MR) is 95.4 cm³/mol. The Bertz CT molecular complexity index is 487. The first-order chi connectivity index (χ1) is 9.56. The first-order valence-corrected chi connectivity index (χ1v) is 8.73. The third kappa shape index (κ3) is 5.81. The highest BCUT2D eigenvalue weighted by atomic mass is 79.9. The monoisotopic (exact) mass is 392 g/mol. The van der Waals surface area contributed by atoms with E-state index in [0.717, 1.165) is 24.0 Å². The minimum atomic E-state index is 0. The number of carbonyl (C=O) groups is 1. The van der Waals surface area contributed by atoms with Crippen molar-refractivity contribution >= 4 is 46.0 Å². The molecule has 1 heterocycles. The number of hydrogen-bond acceptors (Lipinski definition) is 3. The van der Waals surface area contributed by atoms with Crippen molar-refractivity contribution < 1.29 is 4.79 Å². The summed E-state index contributed by atoms with van der Waals surface area (Å²) in [5, 5.41) is 6.51. The van der Waals surface area contributed by atoms with E-state index < -0.39 is 0 Å². The quantitative estimate of drug-likeness (QED) is 0.771. The van der Waals surface area contributed by atoms with E-state index in [1.54, 1.807) is 11.8 Å². The fourth-order valence-corrected chi connectivity index (χ4v) is 3.69. The van der Waals surface area contributed by atoms with Crippen molar-refractivity contribution in [2.24, 2.45) is 5.92 Å². The smallest absolute Gasteiger partial charge is 0.230 e. The Kier molecular flexibility index (Phi) is 8.09. The van der Waals surface area contributed by atoms with Crippen LogP contribution in [-0.2, 0) is 4.79 Å². The van der Waals surface area contributed by atoms with E-state index in [4.69, 9.17) is 0 Å². The number of rotatable bonds is 4. The van der Waals surface area contributed by atoms with E-state index >= 15 is 0 Å². The Hall–Kier alpha value is -0.230. The van der Waals surface area contributed by atoms with Gasteiger partial charge in [0.05, 0.1) is 5.75 Å². The number of amides is 1. The van der Waals surface area contributed by atoms with Crippen LogP contribution in [0.2, 0.25) is 0 Å². The molecule has 2 atom stereocenters. The normalized spacial score (nSPS) is 21.5. The van der Waals surface area contributed by atoms with Crippen LogP contribution in [0.25, 0.3) is 0 Å². The summed E-state index contributed by atoms with van der Waals surface area (Å²) in [7, 11) is 0. The van der Waals surface area contributed by atoms with Crippen molar-refractivity contribution in [2.75, 3.05) is 18.8 Å². The Morgan fingerprint density at radius 1 is 1.52 bits per heavy atom. The number of halogens is 2. The van der Waals surface area contributed by atoms with Gasteiger partial charge in [0.25, 0.3) is 0 Å². The maximum Gasteiger partial charge on any atom is 0.230 e. The van der Waals surface area contributed by atoms with Crippen molar-refractivity contribution in [1.82, 2.24) is 10.6 Å². The van der Waals surface area contributed by atoms with Gasteiger partial charge in [-0.25, -0.2) is 0 Å². The predicted octanol–water partition coefficient (Wildman–Crippen LogP) is 3.39. The molecule has 1 saturated heterocycles. The number of piperidine rings is 1. The molecule has 2 rings (SSSR count). The van der Waals surface area contributed by atoms with Crippen molar-refractivity contribution in [3.63, 3.8) is 0 Å². The Morgan fingerprint density at radius 3 is 2.95 bits per heavy atom. The van der Waals surface area contributed by atoms with Crippen LogP contribution in [0.4, 0.5) is 0 Å². The van der Waals surface area contributed by atoms with Crippen LogP contribution >= 0.6 is 40.1 Å². The number of benzene rings is 1. The summed E-state index contributed by atoms with van der Waals surface area (Å²) in [6, 6.07) is 6.47. The summed E-state index contributed by atoms with van der Waals surface area (Å²) in [6.07, 6.45) is 1.02. The van der Waals surface area contributed by atoms with Crippen LogP contribution in [0.3, 0.4) is 0 Å². The van der Waals surface area contributed by atoms with E-state index in [9.17, 15) is 4.79 Å². The number of carbonyl (C=O) groups excluding carboxylic acids is 1. The van der Waals surface area contributed by atoms with E-state index in [2.05, 4.69) is 52.5 Å². The highest BCUT2D eigenvalue weighted by Gasteiger charge is 2.22. The third-order valence-electron chi connectivity index (χ3n) is 3.63. The molecule has 1 aromatic carbocycles. The molecule has 2 N–H and O–H groups in total. The molecule has 6 heteroatoms. The topological polar surface area (TPSA) is 41.1 Å². The van der Waals surface area contributed by atoms with Crippen molar-refractivity contribution in [3.05, 3.63) is 28.2 Å². The van der Waals surface area contributed by atoms with Crippen LogP contribution in [0.15, 0.2) is 27.6 Å². The maximum atomic E-state index is 12.0. The van der Waals surface area contributed by atoms with Gasteiger partial charge in [-0.15, -0.1) is 24.2 Å². The lowest BCUT2D eigenvalue weighted by Crippen LogP contribution is -2.48. The Labute approximate surface area is 145 Å². The highest BCUT2D eigenvalue weighted by molar-refractivity contribution is 9.10. The number of thioether (sulfide) groups is 1. The van der Waals surface area contributed by atoms with E-state index in [1.165, 1.54) is 10.5 Å². The van der Waals surface area contributed by atoms with Gasteiger partial charge in [-0.2, -0.15) is 0 Å². The molecule has 1 amide bonds. The standard InChI is InChI=1S/C15H21BrN2OS.ClH/c1-10-7-12(16)3-4-14(10)20-9-15(19)18-13-5-6-17-8-11(13)2;/h3-4,7,11,13,17H,5-6,8-9H2,1-2H3,(H,18,19);1H. The molecular weight excluding hydrogens is 372 g/mol. The van der Waals surface area contributed by atoms with Crippen molar-refractivity contribution in [2.45, 2.75) is 31.2 Å². The summed E-state index contributed by atoms with van der Waals surface area (Å²) in [5.74, 6) is 1.13. The second-order valence-corrected chi connectivity index (χ2v) is 7.28. The lowest BCUT2D eigenvalue weighted by molar-refractivity contribution is -0.119. The zero-order chi connectivity index (χ0) is 14.5. The highest BCUT2D eigenvalue weighted by Crippen LogP contribution is 2.25. The van der Waals surface area contributed by atoms with Crippen LogP contribution in [0.5, 0.6) is 0 Å². The van der Waals surface area contributed by atoms with Crippen molar-refractivity contribution in [1.29, 1.82) is 0 Å². The molecule has 1 fully saturated rings. The zero-order valence-electron chi connectivity index (χ0n) is 12.3. The molecule has 1 aliphatic heterocycles. The first-order valence-electron chi connectivity index (χ1n) is 6.95. The van der Waals surface area contributed by atoms with Crippen LogP contribution < -0.4 is 10.6 Å². The summed E-state index contributed by atoms with van der Waals surface area (Å²) in [6.45, 7) is 6.24. The van der Waals surface area contributed by atoms with Gasteiger partial charge in [-0.05, 0) is 56.1 Å². The molecule has 2 unspecified atom stereocenters. The van der Waals surface area contributed by atoms with Gasteiger partial charge in [-0.3, -0.25) is 4.79 Å².